The number of fused-ring (bicyclic) bond motifs is 1. The second-order valence-corrected chi connectivity index (χ2v) is 8.67. The number of hydrogen-bond acceptors (Lipinski definition) is 4. The number of nitrogens with zero attached hydrogens (tertiary/aromatic N) is 1. The zero-order valence-corrected chi connectivity index (χ0v) is 18.0. The largest absolute Gasteiger partial charge is 0.491 e. The number of piperidine rings is 1. The molecule has 6 heteroatoms. The van der Waals surface area contributed by atoms with Gasteiger partial charge < -0.3 is 20.3 Å². The van der Waals surface area contributed by atoms with Crippen LogP contribution in [0.3, 0.4) is 0 Å². The number of nitrogens with two attached hydrogens (primary N) is 1. The molecule has 0 spiro atoms. The molecular formula is C26H27BN2O3. The van der Waals surface area contributed by atoms with Crippen LogP contribution in [-0.4, -0.2) is 36.0 Å². The minimum atomic E-state index is -0.874. The van der Waals surface area contributed by atoms with E-state index >= 15 is 0 Å². The molecule has 1 fully saturated rings. The molecule has 2 heterocycles. The molecule has 0 saturated carbocycles. The van der Waals surface area contributed by atoms with E-state index in [2.05, 4.69) is 24.3 Å². The monoisotopic (exact) mass is 426 g/mol. The molecule has 0 radical (unpaired) electrons. The number of likely N-dealkylation sites (tertiary alicyclic amines) is 1. The Hall–Kier alpha value is -2.93. The van der Waals surface area contributed by atoms with Crippen LogP contribution in [0.1, 0.15) is 45.8 Å². The molecule has 2 aliphatic heterocycles. The Kier molecular flexibility index (Phi) is 5.83. The summed E-state index contributed by atoms with van der Waals surface area (Å²) >= 11 is 0. The summed E-state index contributed by atoms with van der Waals surface area (Å²) < 4.78 is 5.30. The molecular weight excluding hydrogens is 399 g/mol. The molecule has 3 aromatic rings. The van der Waals surface area contributed by atoms with Crippen LogP contribution in [0.25, 0.3) is 11.1 Å². The third-order valence-electron chi connectivity index (χ3n) is 6.69. The lowest BCUT2D eigenvalue weighted by molar-refractivity contribution is 0.0713. The first-order valence-electron chi connectivity index (χ1n) is 11.2. The molecule has 3 N–H and O–H groups in total. The Balaban J connectivity index is 1.29. The van der Waals surface area contributed by atoms with Crippen LogP contribution in [0, 0.1) is 0 Å². The summed E-state index contributed by atoms with van der Waals surface area (Å²) in [4.78, 5) is 15.2. The van der Waals surface area contributed by atoms with Gasteiger partial charge in [-0.05, 0) is 64.2 Å². The zero-order valence-electron chi connectivity index (χ0n) is 18.0. The van der Waals surface area contributed by atoms with Crippen molar-refractivity contribution in [2.24, 2.45) is 5.73 Å². The normalized spacial score (nSPS) is 16.3. The van der Waals surface area contributed by atoms with Crippen molar-refractivity contribution in [2.45, 2.75) is 31.9 Å². The van der Waals surface area contributed by atoms with E-state index < -0.39 is 7.12 Å². The molecule has 32 heavy (non-hydrogen) atoms. The van der Waals surface area contributed by atoms with Gasteiger partial charge in [0, 0.05) is 25.2 Å². The summed E-state index contributed by atoms with van der Waals surface area (Å²) in [7, 11) is -0.874. The van der Waals surface area contributed by atoms with Crippen molar-refractivity contribution in [1.82, 2.24) is 4.90 Å². The van der Waals surface area contributed by atoms with Crippen molar-refractivity contribution in [2.75, 3.05) is 13.1 Å². The second kappa shape index (κ2) is 8.90. The highest BCUT2D eigenvalue weighted by atomic mass is 16.5. The van der Waals surface area contributed by atoms with Crippen molar-refractivity contribution in [3.8, 4) is 11.1 Å². The zero-order chi connectivity index (χ0) is 22.1. The van der Waals surface area contributed by atoms with Gasteiger partial charge in [-0.1, -0.05) is 54.6 Å². The van der Waals surface area contributed by atoms with Gasteiger partial charge in [0.15, 0.2) is 0 Å². The third-order valence-corrected chi connectivity index (χ3v) is 6.69. The van der Waals surface area contributed by atoms with Crippen LogP contribution in [0.4, 0.5) is 0 Å². The summed E-state index contributed by atoms with van der Waals surface area (Å²) in [6.45, 7) is 2.49. The molecule has 5 rings (SSSR count). The molecule has 1 amide bonds. The van der Waals surface area contributed by atoms with Crippen LogP contribution < -0.4 is 11.2 Å². The van der Waals surface area contributed by atoms with Crippen molar-refractivity contribution >= 4 is 18.5 Å². The van der Waals surface area contributed by atoms with Gasteiger partial charge in [-0.25, -0.2) is 0 Å². The van der Waals surface area contributed by atoms with Gasteiger partial charge in [-0.2, -0.15) is 0 Å². The summed E-state index contributed by atoms with van der Waals surface area (Å²) in [5.74, 6) is 0.544. The summed E-state index contributed by atoms with van der Waals surface area (Å²) in [5.41, 5.74) is 12.7. The Morgan fingerprint density at radius 2 is 1.81 bits per heavy atom. The van der Waals surface area contributed by atoms with Crippen molar-refractivity contribution in [3.63, 3.8) is 0 Å². The molecule has 0 unspecified atom stereocenters. The molecule has 3 aromatic carbocycles. The van der Waals surface area contributed by atoms with E-state index in [1.807, 2.05) is 47.4 Å². The second-order valence-electron chi connectivity index (χ2n) is 8.67. The summed E-state index contributed by atoms with van der Waals surface area (Å²) in [5, 5.41) is 10.0. The van der Waals surface area contributed by atoms with Crippen molar-refractivity contribution in [3.05, 3.63) is 89.0 Å². The summed E-state index contributed by atoms with van der Waals surface area (Å²) in [6.07, 6.45) is 1.92. The lowest BCUT2D eigenvalue weighted by Gasteiger charge is -2.32. The van der Waals surface area contributed by atoms with Gasteiger partial charge in [0.05, 0.1) is 6.61 Å². The average Bonchev–Trinajstić information content (AvgIpc) is 3.24. The topological polar surface area (TPSA) is 75.8 Å². The van der Waals surface area contributed by atoms with E-state index in [1.165, 1.54) is 5.56 Å². The van der Waals surface area contributed by atoms with Gasteiger partial charge in [0.2, 0.25) is 0 Å². The maximum absolute atomic E-state index is 13.2. The molecule has 0 bridgehead atoms. The van der Waals surface area contributed by atoms with Crippen molar-refractivity contribution < 1.29 is 14.5 Å². The molecule has 0 atom stereocenters. The SMILES string of the molecule is NCc1cccc(C2CCN(C(=O)c3cccc(-c4ccc5c(c4)B(O)OC5)c3)CC2)c1. The molecule has 1 saturated heterocycles. The molecule has 0 aliphatic carbocycles. The van der Waals surface area contributed by atoms with E-state index in [-0.39, 0.29) is 5.91 Å². The maximum Gasteiger partial charge on any atom is 0.491 e. The smallest absolute Gasteiger partial charge is 0.423 e. The highest BCUT2D eigenvalue weighted by molar-refractivity contribution is 6.61. The average molecular weight is 426 g/mol. The number of carbonyl (C=O) groups excluding carboxylic acids is 1. The molecule has 5 nitrogen and oxygen atoms in total. The molecule has 0 aromatic heterocycles. The van der Waals surface area contributed by atoms with E-state index in [1.54, 1.807) is 0 Å². The minimum absolute atomic E-state index is 0.0746. The Morgan fingerprint density at radius 1 is 1.03 bits per heavy atom. The van der Waals surface area contributed by atoms with Crippen LogP contribution >= 0.6 is 0 Å². The fourth-order valence-corrected chi connectivity index (χ4v) is 4.80. The Morgan fingerprint density at radius 3 is 2.62 bits per heavy atom. The van der Waals surface area contributed by atoms with Crippen LogP contribution in [0.2, 0.25) is 0 Å². The predicted molar refractivity (Wildman–Crippen MR) is 126 cm³/mol. The number of amides is 1. The number of rotatable bonds is 4. The fraction of sp³-hybridized carbons (Fsp3) is 0.269. The van der Waals surface area contributed by atoms with E-state index in [0.29, 0.717) is 24.6 Å². The number of benzene rings is 3. The Labute approximate surface area is 189 Å². The minimum Gasteiger partial charge on any atom is -0.423 e. The van der Waals surface area contributed by atoms with Gasteiger partial charge in [-0.15, -0.1) is 0 Å². The quantitative estimate of drug-likeness (QED) is 0.629. The van der Waals surface area contributed by atoms with Crippen LogP contribution in [0.5, 0.6) is 0 Å². The highest BCUT2D eigenvalue weighted by Gasteiger charge is 2.28. The fourth-order valence-electron chi connectivity index (χ4n) is 4.80. The standard InChI is InChI=1S/C26H27BN2O3/c28-16-18-3-1-4-20(13-18)19-9-11-29(12-10-19)26(30)23-6-2-5-21(14-23)22-7-8-24-17-32-27(31)25(24)15-22/h1-8,13-15,19,31H,9-12,16-17,28H2. The van der Waals surface area contributed by atoms with E-state index in [0.717, 1.165) is 53.6 Å². The molecule has 2 aliphatic rings. The molecule has 162 valence electrons. The van der Waals surface area contributed by atoms with Gasteiger partial charge in [0.1, 0.15) is 0 Å². The van der Waals surface area contributed by atoms with Gasteiger partial charge >= 0.3 is 7.12 Å². The predicted octanol–water partition coefficient (Wildman–Crippen LogP) is 3.05. The lowest BCUT2D eigenvalue weighted by Crippen LogP contribution is -2.37. The van der Waals surface area contributed by atoms with E-state index in [9.17, 15) is 9.82 Å². The van der Waals surface area contributed by atoms with Gasteiger partial charge in [0.25, 0.3) is 5.91 Å². The first kappa shape index (κ1) is 20.9. The lowest BCUT2D eigenvalue weighted by atomic mass is 9.78. The van der Waals surface area contributed by atoms with Crippen molar-refractivity contribution in [1.29, 1.82) is 0 Å². The third kappa shape index (κ3) is 4.09. The maximum atomic E-state index is 13.2. The number of hydrogen-bond donors (Lipinski definition) is 2. The first-order valence-corrected chi connectivity index (χ1v) is 11.2. The van der Waals surface area contributed by atoms with Crippen LogP contribution in [0.15, 0.2) is 66.7 Å². The Bertz CT molecular complexity index is 1140. The van der Waals surface area contributed by atoms with Gasteiger partial charge in [-0.3, -0.25) is 4.79 Å². The summed E-state index contributed by atoms with van der Waals surface area (Å²) in [6, 6.07) is 22.2. The first-order chi connectivity index (χ1) is 15.6. The number of carbonyl (C=O) groups is 1. The van der Waals surface area contributed by atoms with Crippen LogP contribution in [-0.2, 0) is 17.8 Å². The van der Waals surface area contributed by atoms with E-state index in [4.69, 9.17) is 10.4 Å². The highest BCUT2D eigenvalue weighted by Crippen LogP contribution is 2.30.